The molecule has 0 aliphatic carbocycles. The van der Waals surface area contributed by atoms with Crippen molar-refractivity contribution < 1.29 is 14.3 Å². The van der Waals surface area contributed by atoms with Crippen molar-refractivity contribution in [2.24, 2.45) is 0 Å². The van der Waals surface area contributed by atoms with Crippen LogP contribution in [0.15, 0.2) is 18.2 Å². The molecule has 1 fully saturated rings. The number of rotatable bonds is 4. The van der Waals surface area contributed by atoms with Crippen LogP contribution in [-0.2, 0) is 4.79 Å². The standard InChI is InChI=1S/C17H25NO3/c1-12-8-9-15(16(10-12)20-4)21-11-17(19)18-13(2)6-5-7-14(18)3/h8-10,13-14H,5-7,11H2,1-4H3. The minimum atomic E-state index is 0.0531. The number of hydrogen-bond donors (Lipinski definition) is 0. The number of likely N-dealkylation sites (tertiary alicyclic amines) is 1. The highest BCUT2D eigenvalue weighted by Crippen LogP contribution is 2.28. The van der Waals surface area contributed by atoms with Gasteiger partial charge >= 0.3 is 0 Å². The van der Waals surface area contributed by atoms with Crippen molar-refractivity contribution >= 4 is 5.91 Å². The normalized spacial score (nSPS) is 22.0. The summed E-state index contributed by atoms with van der Waals surface area (Å²) in [5.41, 5.74) is 1.10. The molecule has 4 nitrogen and oxygen atoms in total. The van der Waals surface area contributed by atoms with Crippen molar-refractivity contribution in [1.82, 2.24) is 4.90 Å². The maximum atomic E-state index is 12.4. The van der Waals surface area contributed by atoms with Crippen LogP contribution < -0.4 is 9.47 Å². The molecule has 0 saturated carbocycles. The zero-order valence-electron chi connectivity index (χ0n) is 13.4. The second-order valence-electron chi connectivity index (χ2n) is 5.87. The molecule has 0 radical (unpaired) electrons. The second-order valence-corrected chi connectivity index (χ2v) is 5.87. The molecular weight excluding hydrogens is 266 g/mol. The zero-order chi connectivity index (χ0) is 15.4. The Hall–Kier alpha value is -1.71. The molecule has 1 amide bonds. The number of nitrogens with zero attached hydrogens (tertiary/aromatic N) is 1. The van der Waals surface area contributed by atoms with Gasteiger partial charge in [0.25, 0.3) is 5.91 Å². The first kappa shape index (κ1) is 15.7. The lowest BCUT2D eigenvalue weighted by Crippen LogP contribution is -2.49. The molecule has 1 aromatic carbocycles. The number of carbonyl (C=O) groups excluding carboxylic acids is 1. The van der Waals surface area contributed by atoms with Gasteiger partial charge in [-0.2, -0.15) is 0 Å². The third kappa shape index (κ3) is 3.69. The second kappa shape index (κ2) is 6.83. The Morgan fingerprint density at radius 3 is 2.52 bits per heavy atom. The van der Waals surface area contributed by atoms with E-state index < -0.39 is 0 Å². The molecule has 2 atom stereocenters. The van der Waals surface area contributed by atoms with E-state index in [9.17, 15) is 4.79 Å². The molecule has 4 heteroatoms. The third-order valence-electron chi connectivity index (χ3n) is 4.15. The SMILES string of the molecule is COc1cc(C)ccc1OCC(=O)N1C(C)CCCC1C. The van der Waals surface area contributed by atoms with Gasteiger partial charge in [-0.3, -0.25) is 4.79 Å². The van der Waals surface area contributed by atoms with E-state index in [0.29, 0.717) is 23.6 Å². The Balaban J connectivity index is 2.00. The molecule has 1 saturated heterocycles. The van der Waals surface area contributed by atoms with Crippen LogP contribution >= 0.6 is 0 Å². The molecule has 0 N–H and O–H groups in total. The van der Waals surface area contributed by atoms with Crippen molar-refractivity contribution in [3.05, 3.63) is 23.8 Å². The van der Waals surface area contributed by atoms with Gasteiger partial charge in [-0.15, -0.1) is 0 Å². The lowest BCUT2D eigenvalue weighted by molar-refractivity contribution is -0.139. The molecule has 1 aromatic rings. The molecule has 2 rings (SSSR count). The number of hydrogen-bond acceptors (Lipinski definition) is 3. The number of carbonyl (C=O) groups is 1. The van der Waals surface area contributed by atoms with Crippen molar-refractivity contribution in [3.8, 4) is 11.5 Å². The Labute approximate surface area is 127 Å². The van der Waals surface area contributed by atoms with Gasteiger partial charge in [-0.05, 0) is 57.7 Å². The van der Waals surface area contributed by atoms with Crippen molar-refractivity contribution in [3.63, 3.8) is 0 Å². The number of aryl methyl sites for hydroxylation is 1. The van der Waals surface area contributed by atoms with Gasteiger partial charge < -0.3 is 14.4 Å². The lowest BCUT2D eigenvalue weighted by Gasteiger charge is -2.39. The molecule has 2 unspecified atom stereocenters. The van der Waals surface area contributed by atoms with Gasteiger partial charge in [0.05, 0.1) is 7.11 Å². The zero-order valence-corrected chi connectivity index (χ0v) is 13.4. The molecule has 116 valence electrons. The summed E-state index contributed by atoms with van der Waals surface area (Å²) in [5, 5.41) is 0. The van der Waals surface area contributed by atoms with Crippen LogP contribution in [0.5, 0.6) is 11.5 Å². The Kier molecular flexibility index (Phi) is 5.10. The van der Waals surface area contributed by atoms with Gasteiger partial charge in [0, 0.05) is 12.1 Å². The van der Waals surface area contributed by atoms with Gasteiger partial charge in [0.2, 0.25) is 0 Å². The minimum Gasteiger partial charge on any atom is -0.493 e. The van der Waals surface area contributed by atoms with E-state index in [1.165, 1.54) is 6.42 Å². The maximum Gasteiger partial charge on any atom is 0.260 e. The summed E-state index contributed by atoms with van der Waals surface area (Å²) < 4.78 is 11.0. The van der Waals surface area contributed by atoms with E-state index in [1.807, 2.05) is 30.0 Å². The van der Waals surface area contributed by atoms with E-state index in [-0.39, 0.29) is 12.5 Å². The molecular formula is C17H25NO3. The van der Waals surface area contributed by atoms with Crippen LogP contribution in [-0.4, -0.2) is 36.6 Å². The molecule has 1 aliphatic rings. The molecule has 1 aliphatic heterocycles. The van der Waals surface area contributed by atoms with Crippen LogP contribution in [0.2, 0.25) is 0 Å². The molecule has 1 heterocycles. The Morgan fingerprint density at radius 1 is 1.24 bits per heavy atom. The highest BCUT2D eigenvalue weighted by atomic mass is 16.5. The van der Waals surface area contributed by atoms with Crippen molar-refractivity contribution in [2.45, 2.75) is 52.1 Å². The average molecular weight is 291 g/mol. The number of amides is 1. The fourth-order valence-corrected chi connectivity index (χ4v) is 3.02. The molecule has 0 spiro atoms. The first-order valence-corrected chi connectivity index (χ1v) is 7.61. The van der Waals surface area contributed by atoms with Crippen LogP contribution in [0, 0.1) is 6.92 Å². The summed E-state index contributed by atoms with van der Waals surface area (Å²) in [6.07, 6.45) is 3.34. The van der Waals surface area contributed by atoms with E-state index in [4.69, 9.17) is 9.47 Å². The van der Waals surface area contributed by atoms with Gasteiger partial charge in [0.1, 0.15) is 0 Å². The van der Waals surface area contributed by atoms with Crippen molar-refractivity contribution in [2.75, 3.05) is 13.7 Å². The fraction of sp³-hybridized carbons (Fsp3) is 0.588. The number of ether oxygens (including phenoxy) is 2. The first-order chi connectivity index (χ1) is 10.0. The maximum absolute atomic E-state index is 12.4. The summed E-state index contributed by atoms with van der Waals surface area (Å²) in [6.45, 7) is 6.28. The van der Waals surface area contributed by atoms with Crippen LogP contribution in [0.25, 0.3) is 0 Å². The summed E-state index contributed by atoms with van der Waals surface area (Å²) in [4.78, 5) is 14.4. The summed E-state index contributed by atoms with van der Waals surface area (Å²) in [5.74, 6) is 1.34. The van der Waals surface area contributed by atoms with Crippen molar-refractivity contribution in [1.29, 1.82) is 0 Å². The first-order valence-electron chi connectivity index (χ1n) is 7.61. The van der Waals surface area contributed by atoms with Crippen LogP contribution in [0.3, 0.4) is 0 Å². The largest absolute Gasteiger partial charge is 0.493 e. The monoisotopic (exact) mass is 291 g/mol. The summed E-state index contributed by atoms with van der Waals surface area (Å²) in [6, 6.07) is 6.31. The lowest BCUT2D eigenvalue weighted by atomic mass is 9.97. The molecule has 0 bridgehead atoms. The van der Waals surface area contributed by atoms with Gasteiger partial charge in [-0.25, -0.2) is 0 Å². The van der Waals surface area contributed by atoms with Crippen LogP contribution in [0.1, 0.15) is 38.7 Å². The van der Waals surface area contributed by atoms with Gasteiger partial charge in [0.15, 0.2) is 18.1 Å². The topological polar surface area (TPSA) is 38.8 Å². The average Bonchev–Trinajstić information content (AvgIpc) is 2.45. The quantitative estimate of drug-likeness (QED) is 0.855. The fourth-order valence-electron chi connectivity index (χ4n) is 3.02. The Morgan fingerprint density at radius 2 is 1.90 bits per heavy atom. The molecule has 0 aromatic heterocycles. The van der Waals surface area contributed by atoms with E-state index in [1.54, 1.807) is 7.11 Å². The molecule has 21 heavy (non-hydrogen) atoms. The van der Waals surface area contributed by atoms with Gasteiger partial charge in [-0.1, -0.05) is 6.07 Å². The van der Waals surface area contributed by atoms with E-state index in [0.717, 1.165) is 18.4 Å². The predicted octanol–water partition coefficient (Wildman–Crippen LogP) is 3.17. The smallest absolute Gasteiger partial charge is 0.260 e. The Bertz CT molecular complexity index is 491. The summed E-state index contributed by atoms with van der Waals surface area (Å²) >= 11 is 0. The van der Waals surface area contributed by atoms with E-state index >= 15 is 0 Å². The third-order valence-corrected chi connectivity index (χ3v) is 4.15. The number of benzene rings is 1. The summed E-state index contributed by atoms with van der Waals surface area (Å²) in [7, 11) is 1.61. The highest BCUT2D eigenvalue weighted by molar-refractivity contribution is 5.78. The number of methoxy groups -OCH3 is 1. The number of piperidine rings is 1. The highest BCUT2D eigenvalue weighted by Gasteiger charge is 2.29. The minimum absolute atomic E-state index is 0.0531. The predicted molar refractivity (Wildman–Crippen MR) is 82.8 cm³/mol. The van der Waals surface area contributed by atoms with Crippen LogP contribution in [0.4, 0.5) is 0 Å². The van der Waals surface area contributed by atoms with E-state index in [2.05, 4.69) is 13.8 Å².